The molecule has 0 aromatic heterocycles. The van der Waals surface area contributed by atoms with E-state index in [0.717, 1.165) is 16.8 Å². The van der Waals surface area contributed by atoms with E-state index >= 15 is 0 Å². The van der Waals surface area contributed by atoms with E-state index in [9.17, 15) is 5.11 Å². The van der Waals surface area contributed by atoms with Gasteiger partial charge < -0.3 is 19.9 Å². The Morgan fingerprint density at radius 3 is 2.57 bits per heavy atom. The van der Waals surface area contributed by atoms with Gasteiger partial charge in [0, 0.05) is 19.3 Å². The summed E-state index contributed by atoms with van der Waals surface area (Å²) in [7, 11) is 1.66. The SMILES string of the molecule is COCCOCc1cccc(NCc2ccc(O)cc2)c1. The minimum absolute atomic E-state index is 0.286. The van der Waals surface area contributed by atoms with E-state index < -0.39 is 0 Å². The quantitative estimate of drug-likeness (QED) is 0.732. The molecule has 0 aliphatic carbocycles. The lowest BCUT2D eigenvalue weighted by Gasteiger charge is -2.09. The number of rotatable bonds is 8. The van der Waals surface area contributed by atoms with Crippen LogP contribution in [0.3, 0.4) is 0 Å². The molecular formula is C17H21NO3. The summed E-state index contributed by atoms with van der Waals surface area (Å²) in [6.07, 6.45) is 0. The molecule has 0 saturated heterocycles. The number of hydrogen-bond acceptors (Lipinski definition) is 4. The molecule has 0 spiro atoms. The van der Waals surface area contributed by atoms with Crippen molar-refractivity contribution in [2.45, 2.75) is 13.2 Å². The zero-order valence-electron chi connectivity index (χ0n) is 12.2. The summed E-state index contributed by atoms with van der Waals surface area (Å²) in [5.41, 5.74) is 3.30. The highest BCUT2D eigenvalue weighted by Crippen LogP contribution is 2.14. The molecule has 0 aliphatic rings. The van der Waals surface area contributed by atoms with Crippen LogP contribution in [0, 0.1) is 0 Å². The Labute approximate surface area is 125 Å². The summed E-state index contributed by atoms with van der Waals surface area (Å²) in [5.74, 6) is 0.286. The Balaban J connectivity index is 1.84. The highest BCUT2D eigenvalue weighted by atomic mass is 16.5. The second-order valence-electron chi connectivity index (χ2n) is 4.77. The first-order chi connectivity index (χ1) is 10.3. The Bertz CT molecular complexity index is 540. The van der Waals surface area contributed by atoms with Crippen molar-refractivity contribution in [3.8, 4) is 5.75 Å². The van der Waals surface area contributed by atoms with Crippen molar-refractivity contribution in [1.29, 1.82) is 0 Å². The molecule has 0 heterocycles. The highest BCUT2D eigenvalue weighted by Gasteiger charge is 1.98. The lowest BCUT2D eigenvalue weighted by Crippen LogP contribution is -2.03. The molecule has 112 valence electrons. The van der Waals surface area contributed by atoms with Crippen molar-refractivity contribution in [2.75, 3.05) is 25.6 Å². The van der Waals surface area contributed by atoms with E-state index in [2.05, 4.69) is 11.4 Å². The molecule has 0 amide bonds. The minimum Gasteiger partial charge on any atom is -0.508 e. The van der Waals surface area contributed by atoms with Gasteiger partial charge in [-0.2, -0.15) is 0 Å². The van der Waals surface area contributed by atoms with E-state index in [1.807, 2.05) is 30.3 Å². The van der Waals surface area contributed by atoms with Crippen molar-refractivity contribution >= 4 is 5.69 Å². The Morgan fingerprint density at radius 1 is 1.00 bits per heavy atom. The lowest BCUT2D eigenvalue weighted by atomic mass is 10.2. The predicted molar refractivity (Wildman–Crippen MR) is 83.4 cm³/mol. The van der Waals surface area contributed by atoms with Gasteiger partial charge >= 0.3 is 0 Å². The van der Waals surface area contributed by atoms with Gasteiger partial charge in [-0.1, -0.05) is 24.3 Å². The summed E-state index contributed by atoms with van der Waals surface area (Å²) < 4.78 is 10.5. The molecule has 2 rings (SSSR count). The van der Waals surface area contributed by atoms with Gasteiger partial charge in [0.25, 0.3) is 0 Å². The van der Waals surface area contributed by atoms with E-state index in [-0.39, 0.29) is 5.75 Å². The van der Waals surface area contributed by atoms with Gasteiger partial charge in [0.1, 0.15) is 5.75 Å². The van der Waals surface area contributed by atoms with Crippen LogP contribution in [0.5, 0.6) is 5.75 Å². The number of nitrogens with one attached hydrogen (secondary N) is 1. The summed E-state index contributed by atoms with van der Waals surface area (Å²) in [4.78, 5) is 0. The highest BCUT2D eigenvalue weighted by molar-refractivity contribution is 5.46. The molecule has 2 N–H and O–H groups in total. The van der Waals surface area contributed by atoms with Crippen LogP contribution in [-0.2, 0) is 22.6 Å². The topological polar surface area (TPSA) is 50.7 Å². The number of ether oxygens (including phenoxy) is 2. The average molecular weight is 287 g/mol. The summed E-state index contributed by atoms with van der Waals surface area (Å²) in [5, 5.41) is 12.6. The van der Waals surface area contributed by atoms with E-state index in [4.69, 9.17) is 9.47 Å². The van der Waals surface area contributed by atoms with Crippen molar-refractivity contribution in [2.24, 2.45) is 0 Å². The molecule has 0 fully saturated rings. The third-order valence-electron chi connectivity index (χ3n) is 3.06. The van der Waals surface area contributed by atoms with E-state index in [0.29, 0.717) is 26.4 Å². The van der Waals surface area contributed by atoms with Crippen LogP contribution in [0.2, 0.25) is 0 Å². The van der Waals surface area contributed by atoms with Crippen LogP contribution >= 0.6 is 0 Å². The van der Waals surface area contributed by atoms with Crippen LogP contribution in [-0.4, -0.2) is 25.4 Å². The second-order valence-corrected chi connectivity index (χ2v) is 4.77. The molecule has 4 nitrogen and oxygen atoms in total. The van der Waals surface area contributed by atoms with E-state index in [1.54, 1.807) is 19.2 Å². The summed E-state index contributed by atoms with van der Waals surface area (Å²) in [6.45, 7) is 2.51. The van der Waals surface area contributed by atoms with Gasteiger partial charge in [-0.05, 0) is 35.4 Å². The Kier molecular flexibility index (Phi) is 6.06. The maximum Gasteiger partial charge on any atom is 0.115 e. The number of methoxy groups -OCH3 is 1. The first-order valence-electron chi connectivity index (χ1n) is 6.95. The standard InChI is InChI=1S/C17H21NO3/c1-20-9-10-21-13-15-3-2-4-16(11-15)18-12-14-5-7-17(19)8-6-14/h2-8,11,18-19H,9-10,12-13H2,1H3. The third kappa shape index (κ3) is 5.45. The largest absolute Gasteiger partial charge is 0.508 e. The molecule has 0 radical (unpaired) electrons. The molecule has 0 atom stereocenters. The maximum atomic E-state index is 9.26. The Hall–Kier alpha value is -2.04. The average Bonchev–Trinajstić information content (AvgIpc) is 2.52. The number of phenolic OH excluding ortho intramolecular Hbond substituents is 1. The fourth-order valence-corrected chi connectivity index (χ4v) is 1.92. The van der Waals surface area contributed by atoms with Crippen LogP contribution in [0.15, 0.2) is 48.5 Å². The smallest absolute Gasteiger partial charge is 0.115 e. The molecule has 0 bridgehead atoms. The van der Waals surface area contributed by atoms with Crippen LogP contribution in [0.25, 0.3) is 0 Å². The minimum atomic E-state index is 0.286. The monoisotopic (exact) mass is 287 g/mol. The van der Waals surface area contributed by atoms with Gasteiger partial charge in [0.05, 0.1) is 19.8 Å². The first-order valence-corrected chi connectivity index (χ1v) is 6.95. The zero-order valence-corrected chi connectivity index (χ0v) is 12.2. The third-order valence-corrected chi connectivity index (χ3v) is 3.06. The van der Waals surface area contributed by atoms with Gasteiger partial charge in [-0.15, -0.1) is 0 Å². The second kappa shape index (κ2) is 8.29. The summed E-state index contributed by atoms with van der Waals surface area (Å²) >= 11 is 0. The van der Waals surface area contributed by atoms with Crippen molar-refractivity contribution in [3.63, 3.8) is 0 Å². The maximum absolute atomic E-state index is 9.26. The first kappa shape index (κ1) is 15.4. The lowest BCUT2D eigenvalue weighted by molar-refractivity contribution is 0.0617. The van der Waals surface area contributed by atoms with Crippen LogP contribution < -0.4 is 5.32 Å². The molecule has 2 aromatic rings. The molecule has 2 aromatic carbocycles. The number of phenols is 1. The van der Waals surface area contributed by atoms with Crippen molar-refractivity contribution < 1.29 is 14.6 Å². The molecule has 21 heavy (non-hydrogen) atoms. The van der Waals surface area contributed by atoms with Gasteiger partial charge in [-0.25, -0.2) is 0 Å². The molecule has 0 aliphatic heterocycles. The van der Waals surface area contributed by atoms with Crippen molar-refractivity contribution in [1.82, 2.24) is 0 Å². The van der Waals surface area contributed by atoms with Gasteiger partial charge in [0.15, 0.2) is 0 Å². The number of anilines is 1. The van der Waals surface area contributed by atoms with Gasteiger partial charge in [0.2, 0.25) is 0 Å². The molecular weight excluding hydrogens is 266 g/mol. The summed E-state index contributed by atoms with van der Waals surface area (Å²) in [6, 6.07) is 15.3. The van der Waals surface area contributed by atoms with Crippen LogP contribution in [0.1, 0.15) is 11.1 Å². The number of benzene rings is 2. The zero-order chi connectivity index (χ0) is 14.9. The van der Waals surface area contributed by atoms with Crippen molar-refractivity contribution in [3.05, 3.63) is 59.7 Å². The normalized spacial score (nSPS) is 10.5. The Morgan fingerprint density at radius 2 is 1.81 bits per heavy atom. The van der Waals surface area contributed by atoms with Crippen LogP contribution in [0.4, 0.5) is 5.69 Å². The fourth-order valence-electron chi connectivity index (χ4n) is 1.92. The number of hydrogen-bond donors (Lipinski definition) is 2. The molecule has 0 unspecified atom stereocenters. The van der Waals surface area contributed by atoms with E-state index in [1.165, 1.54) is 0 Å². The predicted octanol–water partition coefficient (Wildman–Crippen LogP) is 3.17. The number of aromatic hydroxyl groups is 1. The van der Waals surface area contributed by atoms with Gasteiger partial charge in [-0.3, -0.25) is 0 Å². The molecule has 4 heteroatoms. The fraction of sp³-hybridized carbons (Fsp3) is 0.294. The molecule has 0 saturated carbocycles.